The first-order valence-corrected chi connectivity index (χ1v) is 7.45. The highest BCUT2D eigenvalue weighted by atomic mass is 79.9. The second kappa shape index (κ2) is 7.49. The molecule has 102 valence electrons. The topological polar surface area (TPSA) is 24.1 Å². The molecule has 0 fully saturated rings. The number of rotatable bonds is 6. The number of benzene rings is 1. The van der Waals surface area contributed by atoms with Crippen LogP contribution in [-0.2, 0) is 6.54 Å². The molecule has 1 aromatic rings. The zero-order chi connectivity index (χ0) is 13.6. The average Bonchev–Trinajstić information content (AvgIpc) is 2.24. The van der Waals surface area contributed by atoms with Gasteiger partial charge >= 0.3 is 0 Å². The van der Waals surface area contributed by atoms with Crippen molar-refractivity contribution in [1.82, 2.24) is 10.6 Å². The molecule has 0 saturated carbocycles. The fourth-order valence-corrected chi connectivity index (χ4v) is 2.31. The summed E-state index contributed by atoms with van der Waals surface area (Å²) in [4.78, 5) is 0. The monoisotopic (exact) mass is 332 g/mol. The maximum atomic E-state index is 6.15. The van der Waals surface area contributed by atoms with E-state index in [0.717, 1.165) is 41.1 Å². The molecule has 0 heterocycles. The van der Waals surface area contributed by atoms with E-state index in [1.165, 1.54) is 0 Å². The second-order valence-corrected chi connectivity index (χ2v) is 6.77. The lowest BCUT2D eigenvalue weighted by atomic mass is 10.1. The lowest BCUT2D eigenvalue weighted by Gasteiger charge is -2.20. The van der Waals surface area contributed by atoms with Crippen molar-refractivity contribution in [3.05, 3.63) is 33.3 Å². The fraction of sp³-hybridized carbons (Fsp3) is 0.571. The maximum absolute atomic E-state index is 6.15. The molecule has 0 aromatic heterocycles. The van der Waals surface area contributed by atoms with Crippen molar-refractivity contribution in [1.29, 1.82) is 0 Å². The van der Waals surface area contributed by atoms with Gasteiger partial charge in [0.2, 0.25) is 0 Å². The molecule has 0 atom stereocenters. The molecule has 0 saturated heterocycles. The third-order valence-corrected chi connectivity index (χ3v) is 3.36. The Hall–Kier alpha value is -0.0900. The van der Waals surface area contributed by atoms with Gasteiger partial charge in [-0.1, -0.05) is 33.6 Å². The van der Waals surface area contributed by atoms with E-state index in [1.54, 1.807) is 0 Å². The van der Waals surface area contributed by atoms with E-state index >= 15 is 0 Å². The van der Waals surface area contributed by atoms with Gasteiger partial charge in [0, 0.05) is 21.6 Å². The van der Waals surface area contributed by atoms with E-state index < -0.39 is 0 Å². The Kier molecular flexibility index (Phi) is 6.64. The van der Waals surface area contributed by atoms with Gasteiger partial charge in [0.05, 0.1) is 0 Å². The van der Waals surface area contributed by atoms with Crippen molar-refractivity contribution < 1.29 is 0 Å². The molecule has 0 aliphatic carbocycles. The Labute approximate surface area is 124 Å². The molecule has 1 rings (SSSR count). The number of hydrogen-bond donors (Lipinski definition) is 2. The molecule has 0 unspecified atom stereocenters. The Balaban J connectivity index is 2.18. The first-order valence-electron chi connectivity index (χ1n) is 6.28. The normalized spacial score (nSPS) is 11.8. The highest BCUT2D eigenvalue weighted by molar-refractivity contribution is 9.10. The maximum Gasteiger partial charge on any atom is 0.0462 e. The van der Waals surface area contributed by atoms with Crippen LogP contribution >= 0.6 is 27.5 Å². The minimum Gasteiger partial charge on any atom is -0.313 e. The van der Waals surface area contributed by atoms with Crippen molar-refractivity contribution in [2.24, 2.45) is 0 Å². The number of halogens is 2. The van der Waals surface area contributed by atoms with E-state index in [0.29, 0.717) is 0 Å². The molecule has 0 spiro atoms. The summed E-state index contributed by atoms with van der Waals surface area (Å²) in [6.45, 7) is 9.40. The van der Waals surface area contributed by atoms with Gasteiger partial charge in [-0.25, -0.2) is 0 Å². The minimum absolute atomic E-state index is 0.203. The third-order valence-electron chi connectivity index (χ3n) is 2.52. The van der Waals surface area contributed by atoms with Crippen LogP contribution in [0.5, 0.6) is 0 Å². The predicted octanol–water partition coefficient (Wildman–Crippen LogP) is 3.97. The van der Waals surface area contributed by atoms with Crippen molar-refractivity contribution in [2.75, 3.05) is 13.1 Å². The zero-order valence-electron chi connectivity index (χ0n) is 11.3. The Morgan fingerprint density at radius 1 is 1.22 bits per heavy atom. The molecule has 0 radical (unpaired) electrons. The van der Waals surface area contributed by atoms with Crippen LogP contribution in [0.15, 0.2) is 22.7 Å². The highest BCUT2D eigenvalue weighted by Gasteiger charge is 2.07. The average molecular weight is 334 g/mol. The quantitative estimate of drug-likeness (QED) is 0.770. The molecule has 0 aliphatic rings. The van der Waals surface area contributed by atoms with Gasteiger partial charge < -0.3 is 10.6 Å². The molecule has 18 heavy (non-hydrogen) atoms. The summed E-state index contributed by atoms with van der Waals surface area (Å²) in [6.07, 6.45) is 1.12. The molecule has 2 nitrogen and oxygen atoms in total. The molecule has 0 bridgehead atoms. The van der Waals surface area contributed by atoms with Gasteiger partial charge in [0.1, 0.15) is 0 Å². The Morgan fingerprint density at radius 3 is 2.56 bits per heavy atom. The largest absolute Gasteiger partial charge is 0.313 e. The molecule has 4 heteroatoms. The zero-order valence-corrected chi connectivity index (χ0v) is 13.7. The van der Waals surface area contributed by atoms with Crippen molar-refractivity contribution in [2.45, 2.75) is 39.3 Å². The highest BCUT2D eigenvalue weighted by Crippen LogP contribution is 2.20. The molecule has 0 amide bonds. The lowest BCUT2D eigenvalue weighted by Crippen LogP contribution is -2.37. The second-order valence-electron chi connectivity index (χ2n) is 5.44. The van der Waals surface area contributed by atoms with Crippen LogP contribution in [0, 0.1) is 0 Å². The minimum atomic E-state index is 0.203. The van der Waals surface area contributed by atoms with E-state index in [1.807, 2.05) is 18.2 Å². The summed E-state index contributed by atoms with van der Waals surface area (Å²) >= 11 is 9.55. The van der Waals surface area contributed by atoms with E-state index in [9.17, 15) is 0 Å². The summed E-state index contributed by atoms with van der Waals surface area (Å²) in [7, 11) is 0. The van der Waals surface area contributed by atoms with E-state index in [2.05, 4.69) is 47.3 Å². The number of nitrogens with one attached hydrogen (secondary N) is 2. The van der Waals surface area contributed by atoms with Gasteiger partial charge in [-0.2, -0.15) is 0 Å². The molecule has 2 N–H and O–H groups in total. The molecular formula is C14H22BrClN2. The van der Waals surface area contributed by atoms with Crippen molar-refractivity contribution in [3.63, 3.8) is 0 Å². The van der Waals surface area contributed by atoms with Crippen molar-refractivity contribution >= 4 is 27.5 Å². The summed E-state index contributed by atoms with van der Waals surface area (Å²) in [5, 5.41) is 7.69. The van der Waals surface area contributed by atoms with Crippen LogP contribution in [0.2, 0.25) is 5.02 Å². The lowest BCUT2D eigenvalue weighted by molar-refractivity contribution is 0.418. The van der Waals surface area contributed by atoms with Gasteiger partial charge in [-0.15, -0.1) is 0 Å². The Morgan fingerprint density at radius 2 is 1.94 bits per heavy atom. The number of hydrogen-bond acceptors (Lipinski definition) is 2. The molecule has 0 aliphatic heterocycles. The summed E-state index contributed by atoms with van der Waals surface area (Å²) in [5.41, 5.74) is 1.35. The smallest absolute Gasteiger partial charge is 0.0462 e. The van der Waals surface area contributed by atoms with Gasteiger partial charge in [-0.3, -0.25) is 0 Å². The van der Waals surface area contributed by atoms with Crippen LogP contribution in [0.4, 0.5) is 0 Å². The molecular weight excluding hydrogens is 312 g/mol. The Bertz CT molecular complexity index is 375. The van der Waals surface area contributed by atoms with Gasteiger partial charge in [-0.05, 0) is 58.0 Å². The standard InChI is InChI=1S/C14H22BrClN2/c1-14(2,3)18-8-4-7-17-10-11-5-6-12(15)9-13(11)16/h5-6,9,17-18H,4,7-8,10H2,1-3H3. The predicted molar refractivity (Wildman–Crippen MR) is 83.2 cm³/mol. The van der Waals surface area contributed by atoms with Gasteiger partial charge in [0.15, 0.2) is 0 Å². The SMILES string of the molecule is CC(C)(C)NCCCNCc1ccc(Br)cc1Cl. The van der Waals surface area contributed by atoms with Crippen LogP contribution in [-0.4, -0.2) is 18.6 Å². The van der Waals surface area contributed by atoms with Crippen LogP contribution < -0.4 is 10.6 Å². The van der Waals surface area contributed by atoms with E-state index in [4.69, 9.17) is 11.6 Å². The summed E-state index contributed by atoms with van der Waals surface area (Å²) in [5.74, 6) is 0. The van der Waals surface area contributed by atoms with Crippen molar-refractivity contribution in [3.8, 4) is 0 Å². The summed E-state index contributed by atoms with van der Waals surface area (Å²) in [6, 6.07) is 6.00. The van der Waals surface area contributed by atoms with Crippen LogP contribution in [0.3, 0.4) is 0 Å². The van der Waals surface area contributed by atoms with Crippen LogP contribution in [0.25, 0.3) is 0 Å². The van der Waals surface area contributed by atoms with E-state index in [-0.39, 0.29) is 5.54 Å². The first-order chi connectivity index (χ1) is 8.38. The summed E-state index contributed by atoms with van der Waals surface area (Å²) < 4.78 is 1.02. The first kappa shape index (κ1) is 16.0. The van der Waals surface area contributed by atoms with Gasteiger partial charge in [0.25, 0.3) is 0 Å². The fourth-order valence-electron chi connectivity index (χ4n) is 1.56. The third kappa shape index (κ3) is 6.74. The molecule has 1 aromatic carbocycles. The van der Waals surface area contributed by atoms with Crippen LogP contribution in [0.1, 0.15) is 32.8 Å².